The fraction of sp³-hybridized carbons (Fsp3) is 0.318. The van der Waals surface area contributed by atoms with Gasteiger partial charge in [0.15, 0.2) is 23.2 Å². The van der Waals surface area contributed by atoms with Crippen LogP contribution in [0.1, 0.15) is 0 Å². The highest BCUT2D eigenvalue weighted by molar-refractivity contribution is 9.10. The van der Waals surface area contributed by atoms with Crippen LogP contribution in [0, 0.1) is 11.6 Å². The van der Waals surface area contributed by atoms with E-state index in [0.717, 1.165) is 13.1 Å². The molecule has 1 unspecified atom stereocenters. The number of halogens is 3. The molecule has 1 aromatic carbocycles. The molecule has 0 spiro atoms. The van der Waals surface area contributed by atoms with E-state index < -0.39 is 11.6 Å². The number of likely N-dealkylation sites (N-methyl/N-ethyl adjacent to an activating group) is 1. The molecule has 1 saturated heterocycles. The first-order valence-electron chi connectivity index (χ1n) is 9.84. The van der Waals surface area contributed by atoms with Gasteiger partial charge in [0.2, 0.25) is 0 Å². The maximum Gasteiger partial charge on any atom is 0.183 e. The van der Waals surface area contributed by atoms with E-state index in [1.807, 2.05) is 7.05 Å². The van der Waals surface area contributed by atoms with Crippen LogP contribution in [0.4, 0.5) is 14.5 Å². The van der Waals surface area contributed by atoms with E-state index in [1.54, 1.807) is 12.2 Å². The summed E-state index contributed by atoms with van der Waals surface area (Å²) in [4.78, 5) is 6.41. The van der Waals surface area contributed by atoms with Gasteiger partial charge in [-0.2, -0.15) is 0 Å². The fourth-order valence-electron chi connectivity index (χ4n) is 3.23. The third-order valence-electron chi connectivity index (χ3n) is 4.87. The Bertz CT molecular complexity index is 1010. The largest absolute Gasteiger partial charge is 0.493 e. The average Bonchev–Trinajstić information content (AvgIpc) is 2.78. The summed E-state index contributed by atoms with van der Waals surface area (Å²) in [5, 5.41) is 2.70. The number of ether oxygens (including phenoxy) is 3. The number of anilines is 1. The van der Waals surface area contributed by atoms with E-state index in [4.69, 9.17) is 19.9 Å². The van der Waals surface area contributed by atoms with Crippen LogP contribution < -0.4 is 11.1 Å². The molecular weight excluding hydrogens is 486 g/mol. The van der Waals surface area contributed by atoms with Crippen molar-refractivity contribution in [1.82, 2.24) is 4.90 Å². The maximum absolute atomic E-state index is 14.3. The predicted octanol–water partition coefficient (Wildman–Crippen LogP) is 3.67. The number of rotatable bonds is 7. The molecule has 1 aliphatic carbocycles. The topological polar surface area (TPSA) is 81.3 Å². The molecule has 0 saturated carbocycles. The lowest BCUT2D eigenvalue weighted by Crippen LogP contribution is -2.42. The van der Waals surface area contributed by atoms with Crippen LogP contribution in [0.5, 0.6) is 0 Å². The van der Waals surface area contributed by atoms with E-state index in [0.29, 0.717) is 36.0 Å². The van der Waals surface area contributed by atoms with E-state index >= 15 is 0 Å². The van der Waals surface area contributed by atoms with Gasteiger partial charge in [0.1, 0.15) is 18.5 Å². The number of hydrogen-bond donors (Lipinski definition) is 2. The second-order valence-corrected chi connectivity index (χ2v) is 8.01. The molecule has 0 radical (unpaired) electrons. The van der Waals surface area contributed by atoms with Gasteiger partial charge in [-0.15, -0.1) is 0 Å². The van der Waals surface area contributed by atoms with Gasteiger partial charge in [-0.3, -0.25) is 4.99 Å². The van der Waals surface area contributed by atoms with Crippen molar-refractivity contribution >= 4 is 27.3 Å². The fourth-order valence-corrected chi connectivity index (χ4v) is 3.53. The normalized spacial score (nSPS) is 22.2. The van der Waals surface area contributed by atoms with Crippen molar-refractivity contribution in [3.63, 3.8) is 0 Å². The van der Waals surface area contributed by atoms with E-state index in [-0.39, 0.29) is 22.1 Å². The second-order valence-electron chi connectivity index (χ2n) is 7.16. The summed E-state index contributed by atoms with van der Waals surface area (Å²) in [6.45, 7) is 6.23. The first kappa shape index (κ1) is 24.0. The van der Waals surface area contributed by atoms with Crippen LogP contribution in [0.25, 0.3) is 0 Å². The Kier molecular flexibility index (Phi) is 8.05. The summed E-state index contributed by atoms with van der Waals surface area (Å²) < 4.78 is 45.3. The SMILES string of the molecule is C=C/N=C1/C=C(OCC2CN(C)CCO2)C(OC)=C/C1=C(/N)Nc1ccc(Br)c(F)c1F. The predicted molar refractivity (Wildman–Crippen MR) is 123 cm³/mol. The lowest BCUT2D eigenvalue weighted by molar-refractivity contribution is -0.0524. The molecule has 10 heteroatoms. The summed E-state index contributed by atoms with van der Waals surface area (Å²) in [6, 6.07) is 2.75. The van der Waals surface area contributed by atoms with Crippen LogP contribution in [-0.2, 0) is 14.2 Å². The highest BCUT2D eigenvalue weighted by atomic mass is 79.9. The molecule has 0 aromatic heterocycles. The van der Waals surface area contributed by atoms with Gasteiger partial charge in [-0.1, -0.05) is 6.58 Å². The summed E-state index contributed by atoms with van der Waals surface area (Å²) in [5.74, 6) is -1.18. The summed E-state index contributed by atoms with van der Waals surface area (Å²) in [5.41, 5.74) is 6.89. The Hall–Kier alpha value is -2.69. The van der Waals surface area contributed by atoms with E-state index in [9.17, 15) is 8.78 Å². The molecule has 1 heterocycles. The van der Waals surface area contributed by atoms with E-state index in [1.165, 1.54) is 25.4 Å². The summed E-state index contributed by atoms with van der Waals surface area (Å²) in [7, 11) is 3.52. The highest BCUT2D eigenvalue weighted by Crippen LogP contribution is 2.28. The van der Waals surface area contributed by atoms with Gasteiger partial charge in [-0.25, -0.2) is 8.78 Å². The molecule has 0 amide bonds. The van der Waals surface area contributed by atoms with Crippen molar-refractivity contribution in [2.24, 2.45) is 10.7 Å². The highest BCUT2D eigenvalue weighted by Gasteiger charge is 2.24. The zero-order chi connectivity index (χ0) is 23.3. The van der Waals surface area contributed by atoms with Gasteiger partial charge in [-0.05, 0) is 41.2 Å². The Morgan fingerprint density at radius 1 is 1.38 bits per heavy atom. The lowest BCUT2D eigenvalue weighted by atomic mass is 10.0. The number of hydrogen-bond acceptors (Lipinski definition) is 7. The molecule has 2 aliphatic rings. The summed E-state index contributed by atoms with van der Waals surface area (Å²) >= 11 is 2.95. The standard InChI is InChI=1S/C22H25BrF2N4O3/c1-4-27-17-10-19(32-12-13-11-29(2)7-8-31-13)18(30-3)9-14(17)22(26)28-16-6-5-15(23)20(24)21(16)25/h4-6,9-10,13,28H,1,7-8,11-12,26H2,2-3H3/b22-14+,27-17-. The Labute approximate surface area is 194 Å². The minimum Gasteiger partial charge on any atom is -0.493 e. The third-order valence-corrected chi connectivity index (χ3v) is 5.49. The van der Waals surface area contributed by atoms with E-state index in [2.05, 4.69) is 37.7 Å². The first-order chi connectivity index (χ1) is 15.3. The molecule has 1 aliphatic heterocycles. The van der Waals surface area contributed by atoms with Gasteiger partial charge in [0, 0.05) is 30.9 Å². The smallest absolute Gasteiger partial charge is 0.183 e. The quantitative estimate of drug-likeness (QED) is 0.544. The molecule has 0 bridgehead atoms. The minimum absolute atomic E-state index is 0.0118. The van der Waals surface area contributed by atoms with Gasteiger partial charge in [0.05, 0.1) is 29.6 Å². The molecular formula is C22H25BrF2N4O3. The second kappa shape index (κ2) is 10.8. The number of methoxy groups -OCH3 is 1. The third kappa shape index (κ3) is 5.56. The Morgan fingerprint density at radius 2 is 2.16 bits per heavy atom. The van der Waals surface area contributed by atoms with Gasteiger partial charge in [0.25, 0.3) is 0 Å². The van der Waals surface area contributed by atoms with Crippen molar-refractivity contribution in [2.75, 3.05) is 45.8 Å². The van der Waals surface area contributed by atoms with Crippen LogP contribution in [0.2, 0.25) is 0 Å². The number of aliphatic imine (C=N–C) groups is 1. The molecule has 1 aromatic rings. The zero-order valence-corrected chi connectivity index (χ0v) is 19.4. The number of nitrogens with zero attached hydrogens (tertiary/aromatic N) is 2. The average molecular weight is 511 g/mol. The molecule has 1 fully saturated rings. The van der Waals surface area contributed by atoms with Crippen molar-refractivity contribution in [3.05, 3.63) is 76.1 Å². The maximum atomic E-state index is 14.3. The van der Waals surface area contributed by atoms with Crippen molar-refractivity contribution < 1.29 is 23.0 Å². The van der Waals surface area contributed by atoms with Crippen LogP contribution in [0.3, 0.4) is 0 Å². The van der Waals surface area contributed by atoms with Gasteiger partial charge >= 0.3 is 0 Å². The lowest BCUT2D eigenvalue weighted by Gasteiger charge is -2.30. The van der Waals surface area contributed by atoms with Gasteiger partial charge < -0.3 is 30.2 Å². The minimum atomic E-state index is -1.06. The van der Waals surface area contributed by atoms with Crippen molar-refractivity contribution in [1.29, 1.82) is 0 Å². The molecule has 1 atom stereocenters. The molecule has 32 heavy (non-hydrogen) atoms. The number of nitrogens with two attached hydrogens (primary N) is 1. The molecule has 3 N–H and O–H groups in total. The monoisotopic (exact) mass is 510 g/mol. The molecule has 3 rings (SSSR count). The number of nitrogens with one attached hydrogen (secondary N) is 1. The Balaban J connectivity index is 1.85. The summed E-state index contributed by atoms with van der Waals surface area (Å²) in [6.07, 6.45) is 4.53. The number of allylic oxidation sites excluding steroid dienone is 3. The van der Waals surface area contributed by atoms with Crippen LogP contribution in [0.15, 0.2) is 69.4 Å². The van der Waals surface area contributed by atoms with Crippen molar-refractivity contribution in [3.8, 4) is 0 Å². The zero-order valence-electron chi connectivity index (χ0n) is 17.8. The first-order valence-corrected chi connectivity index (χ1v) is 10.6. The molecule has 7 nitrogen and oxygen atoms in total. The number of benzene rings is 1. The number of morpholine rings is 1. The van der Waals surface area contributed by atoms with Crippen LogP contribution in [-0.4, -0.2) is 57.2 Å². The Morgan fingerprint density at radius 3 is 2.84 bits per heavy atom. The van der Waals surface area contributed by atoms with Crippen molar-refractivity contribution in [2.45, 2.75) is 6.10 Å². The van der Waals surface area contributed by atoms with Crippen LogP contribution >= 0.6 is 15.9 Å². The molecule has 172 valence electrons.